The number of hydrogen-bond donors (Lipinski definition) is 1. The zero-order valence-electron chi connectivity index (χ0n) is 10.2. The van der Waals surface area contributed by atoms with Crippen molar-refractivity contribution in [3.63, 3.8) is 0 Å². The Balaban J connectivity index is 2.96. The molecule has 4 nitrogen and oxygen atoms in total. The minimum Gasteiger partial charge on any atom is -0.377 e. The maximum absolute atomic E-state index is 8.60. The summed E-state index contributed by atoms with van der Waals surface area (Å²) in [6.45, 7) is 2.03. The van der Waals surface area contributed by atoms with Crippen molar-refractivity contribution in [1.29, 1.82) is 10.5 Å². The second-order valence-electron chi connectivity index (χ2n) is 3.82. The number of nitriles is 2. The Hall–Kier alpha value is -2.46. The molecule has 4 heteroatoms. The van der Waals surface area contributed by atoms with E-state index in [1.54, 1.807) is 12.1 Å². The molecule has 1 rings (SSSR count). The second kappa shape index (κ2) is 5.58. The van der Waals surface area contributed by atoms with Gasteiger partial charge >= 0.3 is 0 Å². The number of anilines is 2. The zero-order chi connectivity index (χ0) is 12.8. The SMILES string of the molecule is Cc1ccc(NC=C(C#N)C#N)cc1N(C)C. The lowest BCUT2D eigenvalue weighted by atomic mass is 10.1. The van der Waals surface area contributed by atoms with Crippen molar-refractivity contribution in [2.24, 2.45) is 0 Å². The summed E-state index contributed by atoms with van der Waals surface area (Å²) in [4.78, 5) is 2.01. The fourth-order valence-electron chi connectivity index (χ4n) is 1.43. The molecule has 0 saturated heterocycles. The van der Waals surface area contributed by atoms with E-state index in [-0.39, 0.29) is 5.57 Å². The third-order valence-electron chi connectivity index (χ3n) is 2.32. The number of benzene rings is 1. The van der Waals surface area contributed by atoms with Crippen molar-refractivity contribution < 1.29 is 0 Å². The van der Waals surface area contributed by atoms with Gasteiger partial charge in [0.15, 0.2) is 0 Å². The van der Waals surface area contributed by atoms with Crippen molar-refractivity contribution >= 4 is 11.4 Å². The summed E-state index contributed by atoms with van der Waals surface area (Å²) in [5, 5.41) is 20.1. The first-order chi connectivity index (χ1) is 8.08. The van der Waals surface area contributed by atoms with Crippen LogP contribution < -0.4 is 10.2 Å². The highest BCUT2D eigenvalue weighted by Gasteiger charge is 2.01. The summed E-state index contributed by atoms with van der Waals surface area (Å²) in [5.74, 6) is 0. The minimum atomic E-state index is 0.0528. The highest BCUT2D eigenvalue weighted by Crippen LogP contribution is 2.22. The lowest BCUT2D eigenvalue weighted by Crippen LogP contribution is -2.10. The van der Waals surface area contributed by atoms with Gasteiger partial charge in [0.25, 0.3) is 0 Å². The highest BCUT2D eigenvalue weighted by atomic mass is 15.1. The second-order valence-corrected chi connectivity index (χ2v) is 3.82. The van der Waals surface area contributed by atoms with Gasteiger partial charge in [0, 0.05) is 31.7 Å². The predicted molar refractivity (Wildman–Crippen MR) is 68.4 cm³/mol. The van der Waals surface area contributed by atoms with E-state index in [1.165, 1.54) is 11.8 Å². The Kier molecular flexibility index (Phi) is 4.14. The van der Waals surface area contributed by atoms with Gasteiger partial charge in [-0.25, -0.2) is 0 Å². The van der Waals surface area contributed by atoms with Crippen LogP contribution in [0.3, 0.4) is 0 Å². The van der Waals surface area contributed by atoms with E-state index >= 15 is 0 Å². The Bertz CT molecular complexity index is 499. The van der Waals surface area contributed by atoms with Crippen molar-refractivity contribution in [2.45, 2.75) is 6.92 Å². The first kappa shape index (κ1) is 12.6. The number of hydrogen-bond acceptors (Lipinski definition) is 4. The Morgan fingerprint density at radius 3 is 2.47 bits per heavy atom. The molecule has 0 aliphatic rings. The summed E-state index contributed by atoms with van der Waals surface area (Å²) in [6, 6.07) is 9.46. The third-order valence-corrected chi connectivity index (χ3v) is 2.32. The van der Waals surface area contributed by atoms with Crippen LogP contribution in [0.1, 0.15) is 5.56 Å². The molecule has 0 fully saturated rings. The standard InChI is InChI=1S/C13H14N4/c1-10-4-5-12(6-13(10)17(2)3)16-9-11(7-14)8-15/h4-6,9,16H,1-3H3. The molecule has 1 aromatic rings. The van der Waals surface area contributed by atoms with E-state index in [1.807, 2.05) is 44.1 Å². The summed E-state index contributed by atoms with van der Waals surface area (Å²) in [6.07, 6.45) is 1.41. The topological polar surface area (TPSA) is 62.9 Å². The molecule has 0 amide bonds. The fourth-order valence-corrected chi connectivity index (χ4v) is 1.43. The first-order valence-corrected chi connectivity index (χ1v) is 5.13. The highest BCUT2D eigenvalue weighted by molar-refractivity contribution is 5.63. The molecule has 0 saturated carbocycles. The van der Waals surface area contributed by atoms with Crippen LogP contribution in [-0.2, 0) is 0 Å². The molecule has 1 N–H and O–H groups in total. The van der Waals surface area contributed by atoms with Gasteiger partial charge in [0.1, 0.15) is 17.7 Å². The van der Waals surface area contributed by atoms with E-state index in [0.717, 1.165) is 11.4 Å². The lowest BCUT2D eigenvalue weighted by molar-refractivity contribution is 1.11. The van der Waals surface area contributed by atoms with Gasteiger partial charge in [-0.05, 0) is 24.6 Å². The van der Waals surface area contributed by atoms with E-state index < -0.39 is 0 Å². The van der Waals surface area contributed by atoms with Crippen LogP contribution in [0.25, 0.3) is 0 Å². The monoisotopic (exact) mass is 226 g/mol. The minimum absolute atomic E-state index is 0.0528. The van der Waals surface area contributed by atoms with Crippen LogP contribution in [0, 0.1) is 29.6 Å². The van der Waals surface area contributed by atoms with Crippen LogP contribution in [0.4, 0.5) is 11.4 Å². The van der Waals surface area contributed by atoms with Crippen molar-refractivity contribution in [1.82, 2.24) is 0 Å². The molecule has 0 spiro atoms. The number of rotatable bonds is 3. The molecular weight excluding hydrogens is 212 g/mol. The van der Waals surface area contributed by atoms with Crippen LogP contribution in [0.15, 0.2) is 30.0 Å². The van der Waals surface area contributed by atoms with Crippen LogP contribution in [-0.4, -0.2) is 14.1 Å². The van der Waals surface area contributed by atoms with Crippen LogP contribution >= 0.6 is 0 Å². The summed E-state index contributed by atoms with van der Waals surface area (Å²) in [5.41, 5.74) is 3.17. The normalized spacial score (nSPS) is 8.76. The molecule has 0 bridgehead atoms. The number of nitrogens with one attached hydrogen (secondary N) is 1. The quantitative estimate of drug-likeness (QED) is 0.804. The molecule has 86 valence electrons. The largest absolute Gasteiger partial charge is 0.377 e. The molecule has 0 atom stereocenters. The molecule has 0 aliphatic carbocycles. The molecular formula is C13H14N4. The lowest BCUT2D eigenvalue weighted by Gasteiger charge is -2.16. The van der Waals surface area contributed by atoms with Crippen molar-refractivity contribution in [3.05, 3.63) is 35.5 Å². The molecule has 17 heavy (non-hydrogen) atoms. The van der Waals surface area contributed by atoms with Crippen LogP contribution in [0.5, 0.6) is 0 Å². The number of aryl methyl sites for hydroxylation is 1. The molecule has 0 aromatic heterocycles. The smallest absolute Gasteiger partial charge is 0.145 e. The maximum Gasteiger partial charge on any atom is 0.145 e. The van der Waals surface area contributed by atoms with Gasteiger partial charge in [0.2, 0.25) is 0 Å². The molecule has 1 aromatic carbocycles. The van der Waals surface area contributed by atoms with Crippen LogP contribution in [0.2, 0.25) is 0 Å². The van der Waals surface area contributed by atoms with Gasteiger partial charge in [-0.3, -0.25) is 0 Å². The van der Waals surface area contributed by atoms with E-state index in [0.29, 0.717) is 0 Å². The van der Waals surface area contributed by atoms with Gasteiger partial charge in [0.05, 0.1) is 0 Å². The molecule has 0 heterocycles. The van der Waals surface area contributed by atoms with Crippen molar-refractivity contribution in [2.75, 3.05) is 24.3 Å². The summed E-state index contributed by atoms with van der Waals surface area (Å²) < 4.78 is 0. The molecule has 0 unspecified atom stereocenters. The third kappa shape index (κ3) is 3.25. The Morgan fingerprint density at radius 1 is 1.29 bits per heavy atom. The van der Waals surface area contributed by atoms with Gasteiger partial charge in [-0.2, -0.15) is 10.5 Å². The number of nitrogens with zero attached hydrogens (tertiary/aromatic N) is 3. The van der Waals surface area contributed by atoms with Gasteiger partial charge in [-0.1, -0.05) is 6.07 Å². The van der Waals surface area contributed by atoms with Crippen molar-refractivity contribution in [3.8, 4) is 12.1 Å². The van der Waals surface area contributed by atoms with Gasteiger partial charge in [-0.15, -0.1) is 0 Å². The average molecular weight is 226 g/mol. The van der Waals surface area contributed by atoms with E-state index in [2.05, 4.69) is 5.32 Å². The van der Waals surface area contributed by atoms with Gasteiger partial charge < -0.3 is 10.2 Å². The summed E-state index contributed by atoms with van der Waals surface area (Å²) in [7, 11) is 3.94. The molecule has 0 aliphatic heterocycles. The molecule has 0 radical (unpaired) electrons. The zero-order valence-corrected chi connectivity index (χ0v) is 10.2. The Morgan fingerprint density at radius 2 is 1.94 bits per heavy atom. The Labute approximate surface area is 101 Å². The fraction of sp³-hybridized carbons (Fsp3) is 0.231. The summed E-state index contributed by atoms with van der Waals surface area (Å²) >= 11 is 0. The van der Waals surface area contributed by atoms with E-state index in [4.69, 9.17) is 10.5 Å². The predicted octanol–water partition coefficient (Wildman–Crippen LogP) is 2.40. The maximum atomic E-state index is 8.60. The average Bonchev–Trinajstić information content (AvgIpc) is 2.32. The first-order valence-electron chi connectivity index (χ1n) is 5.13. The van der Waals surface area contributed by atoms with E-state index in [9.17, 15) is 0 Å². The number of allylic oxidation sites excluding steroid dienone is 1.